The van der Waals surface area contributed by atoms with Gasteiger partial charge in [-0.2, -0.15) is 0 Å². The molecular weight excluding hydrogens is 851 g/mol. The fraction of sp³-hybridized carbons (Fsp3) is 0.921. The maximum atomic E-state index is 12.6. The smallest absolute Gasteiger partial charge is 0.249 e. The molecule has 0 aliphatic carbocycles. The summed E-state index contributed by atoms with van der Waals surface area (Å²) in [7, 11) is 0. The molecule has 0 aromatic carbocycles. The second kappa shape index (κ2) is 57.7. The van der Waals surface area contributed by atoms with Crippen LogP contribution < -0.4 is 5.32 Å². The number of rotatable bonds is 58. The number of amides is 1. The van der Waals surface area contributed by atoms with Crippen molar-refractivity contribution in [3.8, 4) is 0 Å². The zero-order chi connectivity index (χ0) is 50.2. The van der Waals surface area contributed by atoms with Gasteiger partial charge in [0.15, 0.2) is 0 Å². The molecular formula is C63H123NO5. The summed E-state index contributed by atoms with van der Waals surface area (Å²) >= 11 is 0. The molecule has 0 saturated carbocycles. The van der Waals surface area contributed by atoms with Gasteiger partial charge < -0.3 is 25.7 Å². The lowest BCUT2D eigenvalue weighted by Crippen LogP contribution is -2.53. The number of hydrogen-bond acceptors (Lipinski definition) is 5. The quantitative estimate of drug-likeness (QED) is 0.0308. The molecule has 0 saturated heterocycles. The summed E-state index contributed by atoms with van der Waals surface area (Å²) < 4.78 is 0. The predicted molar refractivity (Wildman–Crippen MR) is 302 cm³/mol. The van der Waals surface area contributed by atoms with E-state index >= 15 is 0 Å². The monoisotopic (exact) mass is 974 g/mol. The lowest BCUT2D eigenvalue weighted by molar-refractivity contribution is -0.132. The number of hydrogen-bond donors (Lipinski definition) is 5. The van der Waals surface area contributed by atoms with Crippen LogP contribution in [-0.4, -0.2) is 57.3 Å². The predicted octanol–water partition coefficient (Wildman–Crippen LogP) is 18.6. The van der Waals surface area contributed by atoms with E-state index in [0.717, 1.165) is 44.9 Å². The SMILES string of the molecule is CCCCCCCCCCCCCCCCC/C=C\C/C=C\CCCCCCCCCCCCCCCCCCC(O)C(=O)NC(CO)C(O)C(O)CCCCCCCCCCCCCCCCC. The van der Waals surface area contributed by atoms with E-state index in [1.54, 1.807) is 0 Å². The molecule has 0 aromatic heterocycles. The Balaban J connectivity index is 3.52. The Morgan fingerprint density at radius 2 is 0.623 bits per heavy atom. The third-order valence-electron chi connectivity index (χ3n) is 14.9. The Bertz CT molecular complexity index is 1050. The van der Waals surface area contributed by atoms with Gasteiger partial charge in [-0.15, -0.1) is 0 Å². The summed E-state index contributed by atoms with van der Waals surface area (Å²) in [5, 5.41) is 44.0. The van der Waals surface area contributed by atoms with E-state index in [0.29, 0.717) is 12.8 Å². The second-order valence-corrected chi connectivity index (χ2v) is 21.8. The Labute approximate surface area is 431 Å². The molecule has 6 heteroatoms. The fourth-order valence-electron chi connectivity index (χ4n) is 10.0. The van der Waals surface area contributed by atoms with Crippen molar-refractivity contribution in [2.45, 2.75) is 366 Å². The number of allylic oxidation sites excluding steroid dienone is 4. The number of unbranched alkanes of at least 4 members (excludes halogenated alkanes) is 45. The summed E-state index contributed by atoms with van der Waals surface area (Å²) in [6.45, 7) is 4.09. The number of carbonyl (C=O) groups excluding carboxylic acids is 1. The molecule has 0 aliphatic rings. The van der Waals surface area contributed by atoms with Crippen molar-refractivity contribution in [3.05, 3.63) is 24.3 Å². The molecule has 4 unspecified atom stereocenters. The summed E-state index contributed by atoms with van der Waals surface area (Å²) in [5.74, 6) is -0.579. The van der Waals surface area contributed by atoms with E-state index in [1.165, 1.54) is 270 Å². The number of carbonyl (C=O) groups is 1. The van der Waals surface area contributed by atoms with Crippen LogP contribution in [0.15, 0.2) is 24.3 Å². The first-order valence-corrected chi connectivity index (χ1v) is 31.2. The lowest BCUT2D eigenvalue weighted by atomic mass is 9.99. The fourth-order valence-corrected chi connectivity index (χ4v) is 10.0. The minimum absolute atomic E-state index is 0.372. The van der Waals surface area contributed by atoms with E-state index in [2.05, 4.69) is 43.5 Å². The van der Waals surface area contributed by atoms with Crippen molar-refractivity contribution in [2.75, 3.05) is 6.61 Å². The van der Waals surface area contributed by atoms with Gasteiger partial charge in [0.2, 0.25) is 5.91 Å². The topological polar surface area (TPSA) is 110 Å². The van der Waals surface area contributed by atoms with Gasteiger partial charge in [0.25, 0.3) is 0 Å². The Morgan fingerprint density at radius 3 is 0.913 bits per heavy atom. The Kier molecular flexibility index (Phi) is 56.7. The average molecular weight is 975 g/mol. The van der Waals surface area contributed by atoms with E-state index in [9.17, 15) is 25.2 Å². The summed E-state index contributed by atoms with van der Waals surface area (Å²) in [5.41, 5.74) is 0. The number of aliphatic hydroxyl groups is 4. The largest absolute Gasteiger partial charge is 0.394 e. The standard InChI is InChI=1S/C63H123NO5/c1-3-5-7-9-11-13-15-17-19-20-21-22-23-24-25-26-27-28-29-30-31-32-33-34-35-36-37-38-39-40-41-43-45-47-49-51-53-55-57-61(67)63(69)64-59(58-65)62(68)60(66)56-54-52-50-48-46-44-42-18-16-14-12-10-8-6-4-2/h27-28,30-31,59-62,65-68H,3-26,29,32-58H2,1-2H3,(H,64,69)/b28-27-,31-30-. The second-order valence-electron chi connectivity index (χ2n) is 21.8. The first-order valence-electron chi connectivity index (χ1n) is 31.2. The van der Waals surface area contributed by atoms with Gasteiger partial charge in [-0.3, -0.25) is 4.79 Å². The van der Waals surface area contributed by atoms with Crippen molar-refractivity contribution >= 4 is 5.91 Å². The molecule has 0 heterocycles. The highest BCUT2D eigenvalue weighted by atomic mass is 16.3. The zero-order valence-corrected chi connectivity index (χ0v) is 46.6. The van der Waals surface area contributed by atoms with Crippen LogP contribution in [-0.2, 0) is 4.79 Å². The van der Waals surface area contributed by atoms with Crippen molar-refractivity contribution in [1.29, 1.82) is 0 Å². The van der Waals surface area contributed by atoms with Crippen molar-refractivity contribution in [3.63, 3.8) is 0 Å². The van der Waals surface area contributed by atoms with Gasteiger partial charge in [0, 0.05) is 0 Å². The van der Waals surface area contributed by atoms with E-state index in [4.69, 9.17) is 0 Å². The summed E-state index contributed by atoms with van der Waals surface area (Å²) in [6, 6.07) is -0.984. The third kappa shape index (κ3) is 51.5. The third-order valence-corrected chi connectivity index (χ3v) is 14.9. The number of aliphatic hydroxyl groups excluding tert-OH is 4. The van der Waals surface area contributed by atoms with Gasteiger partial charge >= 0.3 is 0 Å². The maximum Gasteiger partial charge on any atom is 0.249 e. The minimum atomic E-state index is -1.26. The molecule has 410 valence electrons. The van der Waals surface area contributed by atoms with Crippen LogP contribution in [0.25, 0.3) is 0 Å². The highest BCUT2D eigenvalue weighted by molar-refractivity contribution is 5.80. The van der Waals surface area contributed by atoms with Crippen molar-refractivity contribution in [2.24, 2.45) is 0 Å². The molecule has 1 amide bonds. The van der Waals surface area contributed by atoms with Crippen LogP contribution in [0, 0.1) is 0 Å². The van der Waals surface area contributed by atoms with Crippen LogP contribution in [0.3, 0.4) is 0 Å². The average Bonchev–Trinajstić information content (AvgIpc) is 3.35. The number of nitrogens with one attached hydrogen (secondary N) is 1. The van der Waals surface area contributed by atoms with E-state index in [1.807, 2.05) is 0 Å². The molecule has 0 bridgehead atoms. The molecule has 69 heavy (non-hydrogen) atoms. The normalized spacial score (nSPS) is 13.8. The molecule has 0 spiro atoms. The highest BCUT2D eigenvalue weighted by Gasteiger charge is 2.28. The van der Waals surface area contributed by atoms with Crippen LogP contribution in [0.2, 0.25) is 0 Å². The van der Waals surface area contributed by atoms with Crippen LogP contribution in [0.4, 0.5) is 0 Å². The minimum Gasteiger partial charge on any atom is -0.394 e. The molecule has 0 radical (unpaired) electrons. The van der Waals surface area contributed by atoms with E-state index in [-0.39, 0.29) is 0 Å². The first-order chi connectivity index (χ1) is 34.0. The van der Waals surface area contributed by atoms with Gasteiger partial charge in [0.05, 0.1) is 18.8 Å². The zero-order valence-electron chi connectivity index (χ0n) is 46.6. The van der Waals surface area contributed by atoms with Gasteiger partial charge in [-0.25, -0.2) is 0 Å². The van der Waals surface area contributed by atoms with Gasteiger partial charge in [-0.1, -0.05) is 321 Å². The maximum absolute atomic E-state index is 12.6. The lowest BCUT2D eigenvalue weighted by Gasteiger charge is -2.27. The van der Waals surface area contributed by atoms with E-state index < -0.39 is 36.9 Å². The molecule has 6 nitrogen and oxygen atoms in total. The van der Waals surface area contributed by atoms with Crippen LogP contribution >= 0.6 is 0 Å². The molecule has 5 N–H and O–H groups in total. The molecule has 0 aromatic rings. The summed E-state index contributed by atoms with van der Waals surface area (Å²) in [4.78, 5) is 12.6. The Morgan fingerprint density at radius 1 is 0.362 bits per heavy atom. The van der Waals surface area contributed by atoms with Crippen molar-refractivity contribution in [1.82, 2.24) is 5.32 Å². The molecule has 0 aliphatic heterocycles. The molecule has 0 rings (SSSR count). The Hall–Kier alpha value is -1.21. The van der Waals surface area contributed by atoms with Crippen molar-refractivity contribution < 1.29 is 25.2 Å². The van der Waals surface area contributed by atoms with Gasteiger partial charge in [-0.05, 0) is 44.9 Å². The van der Waals surface area contributed by atoms with Gasteiger partial charge in [0.1, 0.15) is 12.2 Å². The molecule has 4 atom stereocenters. The first kappa shape index (κ1) is 67.8. The summed E-state index contributed by atoms with van der Waals surface area (Å²) in [6.07, 6.45) is 71.4. The highest BCUT2D eigenvalue weighted by Crippen LogP contribution is 2.19. The molecule has 0 fully saturated rings. The van der Waals surface area contributed by atoms with Crippen LogP contribution in [0.5, 0.6) is 0 Å². The van der Waals surface area contributed by atoms with Crippen LogP contribution in [0.1, 0.15) is 341 Å².